The number of hydrogen-bond acceptors (Lipinski definition) is 7. The molecular formula is C24H18BrNO7. The molecule has 0 spiro atoms. The van der Waals surface area contributed by atoms with E-state index >= 15 is 0 Å². The number of ether oxygens (including phenoxy) is 2. The normalized spacial score (nSPS) is 11.9. The average Bonchev–Trinajstić information content (AvgIpc) is 3.18. The van der Waals surface area contributed by atoms with Gasteiger partial charge in [-0.3, -0.25) is 0 Å². The van der Waals surface area contributed by atoms with E-state index < -0.39 is 17.2 Å². The Morgan fingerprint density at radius 1 is 1.06 bits per heavy atom. The monoisotopic (exact) mass is 511 g/mol. The van der Waals surface area contributed by atoms with E-state index in [0.717, 1.165) is 0 Å². The maximum atomic E-state index is 12.8. The van der Waals surface area contributed by atoms with E-state index in [1.807, 2.05) is 30.3 Å². The van der Waals surface area contributed by atoms with Gasteiger partial charge in [0.15, 0.2) is 5.69 Å². The fourth-order valence-corrected chi connectivity index (χ4v) is 3.69. The third kappa shape index (κ3) is 4.67. The number of halogens is 1. The molecule has 8 nitrogen and oxygen atoms in total. The standard InChI is InChI=1S/C24H18BrNO7/c1-2-31-24(28)21-17-12-20(33-23(27)15-8-10-16(11-9-15)26(29)30)18(25)13-19(17)32-22(21)14-6-4-3-5-7-14/h3-13,26,29H,2H2,1H3. The van der Waals surface area contributed by atoms with Crippen molar-refractivity contribution in [1.29, 1.82) is 0 Å². The summed E-state index contributed by atoms with van der Waals surface area (Å²) < 4.78 is 17.2. The van der Waals surface area contributed by atoms with Crippen molar-refractivity contribution in [3.8, 4) is 17.1 Å². The lowest BCUT2D eigenvalue weighted by Gasteiger charge is -2.11. The Hall–Kier alpha value is -3.50. The maximum Gasteiger partial charge on any atom is 0.343 e. The minimum Gasteiger partial charge on any atom is -0.595 e. The molecule has 1 atom stereocenters. The Bertz CT molecular complexity index is 1310. The molecule has 0 saturated heterocycles. The molecule has 1 heterocycles. The molecule has 2 N–H and O–H groups in total. The first-order valence-corrected chi connectivity index (χ1v) is 10.7. The molecule has 0 aliphatic carbocycles. The highest BCUT2D eigenvalue weighted by Crippen LogP contribution is 2.39. The van der Waals surface area contributed by atoms with Crippen LogP contribution in [0.15, 0.2) is 75.6 Å². The second-order valence-corrected chi connectivity index (χ2v) is 7.80. The predicted molar refractivity (Wildman–Crippen MR) is 122 cm³/mol. The van der Waals surface area contributed by atoms with E-state index in [-0.39, 0.29) is 29.2 Å². The third-order valence-electron chi connectivity index (χ3n) is 4.83. The zero-order valence-electron chi connectivity index (χ0n) is 17.3. The van der Waals surface area contributed by atoms with E-state index in [1.165, 1.54) is 30.3 Å². The van der Waals surface area contributed by atoms with Gasteiger partial charge in [0.25, 0.3) is 0 Å². The molecule has 0 aliphatic rings. The van der Waals surface area contributed by atoms with Gasteiger partial charge in [0.1, 0.15) is 22.7 Å². The number of hydrogen-bond donors (Lipinski definition) is 2. The molecule has 0 saturated carbocycles. The summed E-state index contributed by atoms with van der Waals surface area (Å²) in [6, 6.07) is 17.7. The van der Waals surface area contributed by atoms with E-state index in [2.05, 4.69) is 15.9 Å². The van der Waals surface area contributed by atoms with Crippen LogP contribution in [0.3, 0.4) is 0 Å². The number of benzene rings is 3. The zero-order valence-corrected chi connectivity index (χ0v) is 18.9. The topological polar surface area (TPSA) is 113 Å². The second kappa shape index (κ2) is 9.55. The molecule has 0 fully saturated rings. The minimum atomic E-state index is -1.09. The van der Waals surface area contributed by atoms with Gasteiger partial charge in [0.2, 0.25) is 0 Å². The van der Waals surface area contributed by atoms with Gasteiger partial charge in [-0.25, -0.2) is 14.8 Å². The number of rotatable bonds is 6. The second-order valence-electron chi connectivity index (χ2n) is 6.94. The summed E-state index contributed by atoms with van der Waals surface area (Å²) in [4.78, 5) is 25.4. The molecule has 0 amide bonds. The summed E-state index contributed by atoms with van der Waals surface area (Å²) in [5, 5.41) is 19.4. The predicted octanol–water partition coefficient (Wildman–Crippen LogP) is 4.66. The van der Waals surface area contributed by atoms with Gasteiger partial charge in [-0.2, -0.15) is 5.23 Å². The van der Waals surface area contributed by atoms with Crippen LogP contribution in [0.1, 0.15) is 27.6 Å². The Morgan fingerprint density at radius 2 is 1.76 bits per heavy atom. The SMILES string of the molecule is CCOC(=O)c1c(-c2ccccc2)oc2cc(Br)c(OC(=O)c3ccc([NH+]([O-])O)cc3)cc12. The molecule has 0 bridgehead atoms. The molecule has 33 heavy (non-hydrogen) atoms. The molecule has 1 unspecified atom stereocenters. The molecule has 9 heteroatoms. The first kappa shape index (κ1) is 22.7. The van der Waals surface area contributed by atoms with Crippen molar-refractivity contribution in [2.24, 2.45) is 0 Å². The molecule has 1 aromatic heterocycles. The Labute approximate surface area is 196 Å². The van der Waals surface area contributed by atoms with Crippen LogP contribution in [0.4, 0.5) is 5.69 Å². The number of fused-ring (bicyclic) bond motifs is 1. The number of nitrogens with one attached hydrogen (secondary N) is 1. The molecular weight excluding hydrogens is 494 g/mol. The number of esters is 2. The molecule has 0 radical (unpaired) electrons. The van der Waals surface area contributed by atoms with Crippen molar-refractivity contribution in [2.75, 3.05) is 6.61 Å². The van der Waals surface area contributed by atoms with Crippen LogP contribution in [-0.2, 0) is 4.74 Å². The van der Waals surface area contributed by atoms with Crippen LogP contribution in [-0.4, -0.2) is 23.8 Å². The zero-order chi connectivity index (χ0) is 23.5. The highest BCUT2D eigenvalue weighted by Gasteiger charge is 2.25. The maximum absolute atomic E-state index is 12.8. The van der Waals surface area contributed by atoms with Gasteiger partial charge in [0.05, 0.1) is 16.6 Å². The quantitative estimate of drug-likeness (QED) is 0.220. The Balaban J connectivity index is 1.75. The summed E-state index contributed by atoms with van der Waals surface area (Å²) in [5.41, 5.74) is 1.57. The minimum absolute atomic E-state index is 0.0556. The van der Waals surface area contributed by atoms with Crippen LogP contribution in [0.25, 0.3) is 22.3 Å². The number of carbonyl (C=O) groups excluding carboxylic acids is 2. The van der Waals surface area contributed by atoms with Crippen LogP contribution in [0, 0.1) is 5.21 Å². The lowest BCUT2D eigenvalue weighted by atomic mass is 10.1. The van der Waals surface area contributed by atoms with E-state index in [0.29, 0.717) is 26.8 Å². The van der Waals surface area contributed by atoms with Crippen molar-refractivity contribution in [3.63, 3.8) is 0 Å². The Morgan fingerprint density at radius 3 is 2.39 bits per heavy atom. The number of quaternary nitrogens is 1. The van der Waals surface area contributed by atoms with Gasteiger partial charge in [-0.1, -0.05) is 30.3 Å². The molecule has 168 valence electrons. The van der Waals surface area contributed by atoms with Gasteiger partial charge in [-0.05, 0) is 47.1 Å². The molecule has 3 aromatic carbocycles. The largest absolute Gasteiger partial charge is 0.595 e. The first-order chi connectivity index (χ1) is 15.9. The van der Waals surface area contributed by atoms with E-state index in [1.54, 1.807) is 13.0 Å². The Kier molecular flexibility index (Phi) is 6.57. The summed E-state index contributed by atoms with van der Waals surface area (Å²) in [7, 11) is 0. The van der Waals surface area contributed by atoms with Gasteiger partial charge < -0.3 is 19.1 Å². The van der Waals surface area contributed by atoms with Crippen LogP contribution in [0.5, 0.6) is 5.75 Å². The van der Waals surface area contributed by atoms with Crippen molar-refractivity contribution in [3.05, 3.63) is 87.5 Å². The number of carbonyl (C=O) groups is 2. The molecule has 4 aromatic rings. The number of furan rings is 1. The molecule has 0 aliphatic heterocycles. The fraction of sp³-hybridized carbons (Fsp3) is 0.0833. The van der Waals surface area contributed by atoms with Crippen LogP contribution >= 0.6 is 15.9 Å². The highest BCUT2D eigenvalue weighted by molar-refractivity contribution is 9.10. The summed E-state index contributed by atoms with van der Waals surface area (Å²) >= 11 is 3.38. The fourth-order valence-electron chi connectivity index (χ4n) is 3.28. The lowest BCUT2D eigenvalue weighted by molar-refractivity contribution is -0.991. The van der Waals surface area contributed by atoms with Crippen LogP contribution in [0.2, 0.25) is 0 Å². The van der Waals surface area contributed by atoms with Gasteiger partial charge >= 0.3 is 11.9 Å². The van der Waals surface area contributed by atoms with Gasteiger partial charge in [-0.15, -0.1) is 0 Å². The van der Waals surface area contributed by atoms with Crippen molar-refractivity contribution >= 4 is 44.5 Å². The van der Waals surface area contributed by atoms with Crippen molar-refractivity contribution < 1.29 is 33.9 Å². The molecule has 4 rings (SSSR count). The third-order valence-corrected chi connectivity index (χ3v) is 5.45. The summed E-state index contributed by atoms with van der Waals surface area (Å²) in [6.45, 7) is 1.90. The van der Waals surface area contributed by atoms with E-state index in [9.17, 15) is 14.8 Å². The lowest BCUT2D eigenvalue weighted by Crippen LogP contribution is -2.99. The van der Waals surface area contributed by atoms with E-state index in [4.69, 9.17) is 19.1 Å². The smallest absolute Gasteiger partial charge is 0.343 e. The van der Waals surface area contributed by atoms with Gasteiger partial charge in [0, 0.05) is 23.1 Å². The van der Waals surface area contributed by atoms with Crippen molar-refractivity contribution in [2.45, 2.75) is 6.92 Å². The first-order valence-electron chi connectivity index (χ1n) is 9.93. The average molecular weight is 512 g/mol. The van der Waals surface area contributed by atoms with Crippen LogP contribution < -0.4 is 9.96 Å². The van der Waals surface area contributed by atoms with Crippen molar-refractivity contribution in [1.82, 2.24) is 0 Å². The summed E-state index contributed by atoms with van der Waals surface area (Å²) in [6.07, 6.45) is 0. The highest BCUT2D eigenvalue weighted by atomic mass is 79.9. The summed E-state index contributed by atoms with van der Waals surface area (Å²) in [5.74, 6) is -0.722.